The van der Waals surface area contributed by atoms with Crippen LogP contribution in [0.2, 0.25) is 0 Å². The molecule has 0 radical (unpaired) electrons. The zero-order valence-corrected chi connectivity index (χ0v) is 17.9. The Balaban J connectivity index is 1.59. The van der Waals surface area contributed by atoms with Crippen LogP contribution in [0.15, 0.2) is 60.9 Å². The number of ketones is 1. The van der Waals surface area contributed by atoms with Crippen molar-refractivity contribution in [3.8, 4) is 11.1 Å². The first kappa shape index (κ1) is 22.6. The number of Topliss-reactive ketones (excluding diaryl/α,β-unsaturated/α-hetero) is 1. The van der Waals surface area contributed by atoms with Gasteiger partial charge in [-0.05, 0) is 35.2 Å². The molecule has 0 aliphatic heterocycles. The zero-order chi connectivity index (χ0) is 22.9. The molecule has 0 bridgehead atoms. The van der Waals surface area contributed by atoms with Gasteiger partial charge in [-0.3, -0.25) is 15.0 Å². The number of anilines is 2. The first-order valence-corrected chi connectivity index (χ1v) is 10.3. The lowest BCUT2D eigenvalue weighted by molar-refractivity contribution is -0.118. The number of nitrogens with one attached hydrogen (secondary N) is 3. The van der Waals surface area contributed by atoms with E-state index in [1.54, 1.807) is 12.4 Å². The van der Waals surface area contributed by atoms with Crippen LogP contribution in [0.4, 0.5) is 11.6 Å². The summed E-state index contributed by atoms with van der Waals surface area (Å²) >= 11 is 0. The average Bonchev–Trinajstić information content (AvgIpc) is 2.76. The van der Waals surface area contributed by atoms with E-state index >= 15 is 0 Å². The molecule has 32 heavy (non-hydrogen) atoms. The third kappa shape index (κ3) is 7.02. The van der Waals surface area contributed by atoms with Crippen LogP contribution in [0.1, 0.15) is 30.9 Å². The second kappa shape index (κ2) is 10.8. The summed E-state index contributed by atoms with van der Waals surface area (Å²) in [7, 11) is 0. The Morgan fingerprint density at radius 1 is 1.00 bits per heavy atom. The van der Waals surface area contributed by atoms with Crippen molar-refractivity contribution in [1.29, 1.82) is 5.41 Å². The molecule has 0 aliphatic carbocycles. The van der Waals surface area contributed by atoms with Gasteiger partial charge in [0.25, 0.3) is 0 Å². The zero-order valence-electron chi connectivity index (χ0n) is 17.9. The number of hydrogen-bond donors (Lipinski definition) is 4. The molecule has 1 aromatic heterocycles. The minimum atomic E-state index is -0.110. The number of nitrogens with two attached hydrogens (primary N) is 1. The van der Waals surface area contributed by atoms with Gasteiger partial charge in [0, 0.05) is 43.5 Å². The minimum Gasteiger partial charge on any atom is -0.387 e. The summed E-state index contributed by atoms with van der Waals surface area (Å²) in [5.41, 5.74) is 9.90. The molecule has 0 aliphatic rings. The third-order valence-electron chi connectivity index (χ3n) is 4.69. The van der Waals surface area contributed by atoms with E-state index in [4.69, 9.17) is 11.1 Å². The molecule has 8 heteroatoms. The Bertz CT molecular complexity index is 1110. The van der Waals surface area contributed by atoms with Gasteiger partial charge in [0.15, 0.2) is 0 Å². The minimum absolute atomic E-state index is 0.000469. The highest BCUT2D eigenvalue weighted by Crippen LogP contribution is 2.21. The van der Waals surface area contributed by atoms with Crippen LogP contribution >= 0.6 is 0 Å². The fourth-order valence-corrected chi connectivity index (χ4v) is 3.20. The van der Waals surface area contributed by atoms with Crippen molar-refractivity contribution in [1.82, 2.24) is 9.97 Å². The molecular weight excluding hydrogens is 404 g/mol. The number of aryl methyl sites for hydroxylation is 1. The SMILES string of the molecule is CC(=O)Nc1cccc(CNc2ncc(-c3cccc(CCC(=O)CC(=N)N)c3)cn2)c1. The first-order valence-electron chi connectivity index (χ1n) is 10.3. The normalized spacial score (nSPS) is 10.4. The molecule has 8 nitrogen and oxygen atoms in total. The molecular formula is C24H26N6O2. The number of rotatable bonds is 10. The van der Waals surface area contributed by atoms with Crippen LogP contribution in [0.3, 0.4) is 0 Å². The highest BCUT2D eigenvalue weighted by atomic mass is 16.1. The van der Waals surface area contributed by atoms with Crippen molar-refractivity contribution in [2.24, 2.45) is 5.73 Å². The summed E-state index contributed by atoms with van der Waals surface area (Å²) in [6.07, 6.45) is 4.45. The largest absolute Gasteiger partial charge is 0.387 e. The van der Waals surface area contributed by atoms with Gasteiger partial charge in [0.05, 0.1) is 12.3 Å². The van der Waals surface area contributed by atoms with Crippen LogP contribution < -0.4 is 16.4 Å². The number of benzene rings is 2. The predicted octanol–water partition coefficient (Wildman–Crippen LogP) is 3.54. The van der Waals surface area contributed by atoms with Gasteiger partial charge < -0.3 is 16.4 Å². The molecule has 2 aromatic carbocycles. The molecule has 0 saturated heterocycles. The van der Waals surface area contributed by atoms with E-state index in [1.807, 2.05) is 48.5 Å². The highest BCUT2D eigenvalue weighted by Gasteiger charge is 2.07. The van der Waals surface area contributed by atoms with E-state index in [9.17, 15) is 9.59 Å². The van der Waals surface area contributed by atoms with E-state index in [0.717, 1.165) is 27.9 Å². The van der Waals surface area contributed by atoms with Gasteiger partial charge in [-0.25, -0.2) is 9.97 Å². The predicted molar refractivity (Wildman–Crippen MR) is 125 cm³/mol. The monoisotopic (exact) mass is 430 g/mol. The van der Waals surface area contributed by atoms with Crippen LogP contribution in [-0.2, 0) is 22.6 Å². The molecule has 3 aromatic rings. The maximum absolute atomic E-state index is 11.8. The van der Waals surface area contributed by atoms with Gasteiger partial charge in [-0.1, -0.05) is 36.4 Å². The molecule has 0 unspecified atom stereocenters. The van der Waals surface area contributed by atoms with Gasteiger partial charge in [-0.2, -0.15) is 0 Å². The summed E-state index contributed by atoms with van der Waals surface area (Å²) in [6, 6.07) is 15.5. The number of carbonyl (C=O) groups excluding carboxylic acids is 2. The molecule has 3 rings (SSSR count). The van der Waals surface area contributed by atoms with E-state index in [2.05, 4.69) is 20.6 Å². The Morgan fingerprint density at radius 3 is 2.44 bits per heavy atom. The number of hydrogen-bond acceptors (Lipinski definition) is 6. The second-order valence-corrected chi connectivity index (χ2v) is 7.47. The lowest BCUT2D eigenvalue weighted by atomic mass is 10.0. The lowest BCUT2D eigenvalue weighted by Crippen LogP contribution is -2.15. The molecule has 1 heterocycles. The van der Waals surface area contributed by atoms with Crippen LogP contribution in [-0.4, -0.2) is 27.5 Å². The van der Waals surface area contributed by atoms with Crippen LogP contribution in [0.5, 0.6) is 0 Å². The summed E-state index contributed by atoms with van der Waals surface area (Å²) in [5.74, 6) is 0.254. The van der Waals surface area contributed by atoms with Gasteiger partial charge in [-0.15, -0.1) is 0 Å². The van der Waals surface area contributed by atoms with Crippen molar-refractivity contribution in [2.45, 2.75) is 32.7 Å². The highest BCUT2D eigenvalue weighted by molar-refractivity contribution is 5.98. The lowest BCUT2D eigenvalue weighted by Gasteiger charge is -2.09. The number of amides is 1. The standard InChI is InChI=1S/C24H26N6O2/c1-16(31)30-21-7-3-5-18(11-21)13-27-24-28-14-20(15-29-24)19-6-2-4-17(10-19)8-9-22(32)12-23(25)26/h2-7,10-11,14-15H,8-9,12-13H2,1H3,(H3,25,26)(H,30,31)(H,27,28,29). The maximum atomic E-state index is 11.8. The quantitative estimate of drug-likeness (QED) is 0.287. The third-order valence-corrected chi connectivity index (χ3v) is 4.69. The molecule has 0 fully saturated rings. The van der Waals surface area contributed by atoms with Gasteiger partial charge >= 0.3 is 0 Å². The molecule has 164 valence electrons. The fraction of sp³-hybridized carbons (Fsp3) is 0.208. The smallest absolute Gasteiger partial charge is 0.222 e. The Morgan fingerprint density at radius 2 is 1.72 bits per heavy atom. The average molecular weight is 431 g/mol. The van der Waals surface area contributed by atoms with Gasteiger partial charge in [0.1, 0.15) is 5.78 Å². The van der Waals surface area contributed by atoms with E-state index < -0.39 is 0 Å². The van der Waals surface area contributed by atoms with Gasteiger partial charge in [0.2, 0.25) is 11.9 Å². The number of nitrogens with zero attached hydrogens (tertiary/aromatic N) is 2. The maximum Gasteiger partial charge on any atom is 0.222 e. The van der Waals surface area contributed by atoms with E-state index in [-0.39, 0.29) is 23.9 Å². The molecule has 5 N–H and O–H groups in total. The van der Waals surface area contributed by atoms with Crippen molar-refractivity contribution in [3.63, 3.8) is 0 Å². The molecule has 0 saturated carbocycles. The van der Waals surface area contributed by atoms with E-state index in [1.165, 1.54) is 6.92 Å². The van der Waals surface area contributed by atoms with E-state index in [0.29, 0.717) is 25.3 Å². The molecule has 0 atom stereocenters. The molecule has 1 amide bonds. The van der Waals surface area contributed by atoms with Crippen molar-refractivity contribution in [2.75, 3.05) is 10.6 Å². The summed E-state index contributed by atoms with van der Waals surface area (Å²) in [6.45, 7) is 2.00. The van der Waals surface area contributed by atoms with Crippen molar-refractivity contribution in [3.05, 3.63) is 72.1 Å². The first-order chi connectivity index (χ1) is 15.4. The van der Waals surface area contributed by atoms with Crippen molar-refractivity contribution >= 4 is 29.2 Å². The number of amidine groups is 1. The fourth-order valence-electron chi connectivity index (χ4n) is 3.20. The number of aromatic nitrogens is 2. The Kier molecular flexibility index (Phi) is 7.64. The summed E-state index contributed by atoms with van der Waals surface area (Å²) < 4.78 is 0. The summed E-state index contributed by atoms with van der Waals surface area (Å²) in [4.78, 5) is 31.8. The van der Waals surface area contributed by atoms with Crippen LogP contribution in [0, 0.1) is 5.41 Å². The topological polar surface area (TPSA) is 134 Å². The number of carbonyl (C=O) groups is 2. The summed E-state index contributed by atoms with van der Waals surface area (Å²) in [5, 5.41) is 13.2. The second-order valence-electron chi connectivity index (χ2n) is 7.47. The Hall–Kier alpha value is -4.07. The molecule has 0 spiro atoms. The van der Waals surface area contributed by atoms with Crippen molar-refractivity contribution < 1.29 is 9.59 Å². The Labute approximate surface area is 186 Å². The van der Waals surface area contributed by atoms with Crippen LogP contribution in [0.25, 0.3) is 11.1 Å².